The minimum absolute atomic E-state index is 0.460. The summed E-state index contributed by atoms with van der Waals surface area (Å²) in [5.74, 6) is 0.672. The Morgan fingerprint density at radius 1 is 1.00 bits per heavy atom. The molecule has 0 saturated carbocycles. The monoisotopic (exact) mass is 350 g/mol. The quantitative estimate of drug-likeness (QED) is 0.444. The first-order chi connectivity index (χ1) is 13.3. The van der Waals surface area contributed by atoms with Gasteiger partial charge < -0.3 is 14.7 Å². The van der Waals surface area contributed by atoms with Gasteiger partial charge in [0, 0.05) is 40.6 Å². The van der Waals surface area contributed by atoms with Crippen molar-refractivity contribution in [3.63, 3.8) is 0 Å². The Morgan fingerprint density at radius 3 is 2.81 bits per heavy atom. The van der Waals surface area contributed by atoms with Crippen LogP contribution in [0.3, 0.4) is 0 Å². The predicted molar refractivity (Wildman–Crippen MR) is 106 cm³/mol. The molecule has 0 amide bonds. The van der Waals surface area contributed by atoms with Gasteiger partial charge in [-0.3, -0.25) is 4.98 Å². The van der Waals surface area contributed by atoms with E-state index in [0.717, 1.165) is 33.1 Å². The molecule has 27 heavy (non-hydrogen) atoms. The van der Waals surface area contributed by atoms with Crippen molar-refractivity contribution in [1.29, 1.82) is 5.26 Å². The van der Waals surface area contributed by atoms with Crippen LogP contribution in [0, 0.1) is 11.3 Å². The van der Waals surface area contributed by atoms with Crippen LogP contribution >= 0.6 is 0 Å². The number of aromatic amines is 1. The van der Waals surface area contributed by atoms with Gasteiger partial charge in [0.05, 0.1) is 16.8 Å². The number of pyridine rings is 1. The third-order valence-corrected chi connectivity index (χ3v) is 4.58. The second-order valence-corrected chi connectivity index (χ2v) is 6.27. The van der Waals surface area contributed by atoms with Crippen LogP contribution in [-0.4, -0.2) is 9.97 Å². The van der Waals surface area contributed by atoms with Crippen molar-refractivity contribution in [2.24, 2.45) is 0 Å². The highest BCUT2D eigenvalue weighted by atomic mass is 16.3. The van der Waals surface area contributed by atoms with E-state index in [1.807, 2.05) is 60.8 Å². The van der Waals surface area contributed by atoms with E-state index in [1.54, 1.807) is 12.4 Å². The molecule has 0 unspecified atom stereocenters. The number of hydrogen-bond donors (Lipinski definition) is 2. The molecule has 5 aromatic rings. The smallest absolute Gasteiger partial charge is 0.139 e. The SMILES string of the molecule is N#Cc1cncc(-c2cc3ccccc3o2)c1Nc1ccc2[nH]ccc2c1. The highest BCUT2D eigenvalue weighted by Gasteiger charge is 2.15. The zero-order chi connectivity index (χ0) is 18.2. The zero-order valence-electron chi connectivity index (χ0n) is 14.2. The second-order valence-electron chi connectivity index (χ2n) is 6.27. The van der Waals surface area contributed by atoms with Crippen LogP contribution in [-0.2, 0) is 0 Å². The largest absolute Gasteiger partial charge is 0.456 e. The number of aromatic nitrogens is 2. The molecule has 5 rings (SSSR count). The van der Waals surface area contributed by atoms with Gasteiger partial charge in [-0.1, -0.05) is 18.2 Å². The molecule has 2 N–H and O–H groups in total. The van der Waals surface area contributed by atoms with Gasteiger partial charge in [0.15, 0.2) is 0 Å². The van der Waals surface area contributed by atoms with Crippen LogP contribution in [0.2, 0.25) is 0 Å². The summed E-state index contributed by atoms with van der Waals surface area (Å²) < 4.78 is 6.00. The van der Waals surface area contributed by atoms with E-state index in [4.69, 9.17) is 4.42 Å². The third kappa shape index (κ3) is 2.60. The average Bonchev–Trinajstić information content (AvgIpc) is 3.34. The first-order valence-electron chi connectivity index (χ1n) is 8.53. The number of nitrogens with zero attached hydrogens (tertiary/aromatic N) is 2. The van der Waals surface area contributed by atoms with E-state index in [0.29, 0.717) is 17.0 Å². The van der Waals surface area contributed by atoms with Crippen molar-refractivity contribution in [2.75, 3.05) is 5.32 Å². The molecule has 2 aromatic carbocycles. The molecular formula is C22H14N4O. The molecule has 0 saturated heterocycles. The van der Waals surface area contributed by atoms with Crippen LogP contribution in [0.4, 0.5) is 11.4 Å². The van der Waals surface area contributed by atoms with Crippen molar-refractivity contribution in [2.45, 2.75) is 0 Å². The second kappa shape index (κ2) is 6.04. The number of H-pyrrole nitrogens is 1. The normalized spacial score (nSPS) is 10.9. The van der Waals surface area contributed by atoms with E-state index in [9.17, 15) is 5.26 Å². The molecule has 5 heteroatoms. The Hall–Kier alpha value is -4.04. The molecule has 0 fully saturated rings. The highest BCUT2D eigenvalue weighted by molar-refractivity contribution is 5.90. The Bertz CT molecular complexity index is 1290. The van der Waals surface area contributed by atoms with Gasteiger partial charge in [0.1, 0.15) is 17.4 Å². The third-order valence-electron chi connectivity index (χ3n) is 4.58. The lowest BCUT2D eigenvalue weighted by molar-refractivity contribution is 0.631. The molecule has 0 aliphatic heterocycles. The number of nitrogens with one attached hydrogen (secondary N) is 2. The van der Waals surface area contributed by atoms with E-state index in [2.05, 4.69) is 21.4 Å². The molecule has 0 atom stereocenters. The van der Waals surface area contributed by atoms with Crippen molar-refractivity contribution in [1.82, 2.24) is 9.97 Å². The highest BCUT2D eigenvalue weighted by Crippen LogP contribution is 2.36. The van der Waals surface area contributed by atoms with Crippen LogP contribution in [0.25, 0.3) is 33.2 Å². The molecule has 0 spiro atoms. The Balaban J connectivity index is 1.65. The number of anilines is 2. The van der Waals surface area contributed by atoms with Crippen molar-refractivity contribution in [3.05, 3.63) is 78.8 Å². The maximum Gasteiger partial charge on any atom is 0.139 e. The first-order valence-corrected chi connectivity index (χ1v) is 8.53. The maximum atomic E-state index is 9.58. The van der Waals surface area contributed by atoms with Gasteiger partial charge in [-0.2, -0.15) is 5.26 Å². The summed E-state index contributed by atoms with van der Waals surface area (Å²) in [6, 6.07) is 20.0. The summed E-state index contributed by atoms with van der Waals surface area (Å²) >= 11 is 0. The minimum atomic E-state index is 0.460. The average molecular weight is 350 g/mol. The number of benzene rings is 2. The summed E-state index contributed by atoms with van der Waals surface area (Å²) in [6.45, 7) is 0. The molecule has 3 aromatic heterocycles. The lowest BCUT2D eigenvalue weighted by atomic mass is 10.1. The molecule has 0 aliphatic rings. The van der Waals surface area contributed by atoms with Crippen molar-refractivity contribution < 1.29 is 4.42 Å². The first kappa shape index (κ1) is 15.2. The van der Waals surface area contributed by atoms with Crippen LogP contribution in [0.15, 0.2) is 77.6 Å². The number of hydrogen-bond acceptors (Lipinski definition) is 4. The Morgan fingerprint density at radius 2 is 1.93 bits per heavy atom. The summed E-state index contributed by atoms with van der Waals surface area (Å²) in [5, 5.41) is 15.1. The van der Waals surface area contributed by atoms with Gasteiger partial charge in [0.25, 0.3) is 0 Å². The summed E-state index contributed by atoms with van der Waals surface area (Å²) in [4.78, 5) is 7.40. The fraction of sp³-hybridized carbons (Fsp3) is 0. The Kier molecular flexibility index (Phi) is 3.41. The van der Waals surface area contributed by atoms with Gasteiger partial charge in [-0.25, -0.2) is 0 Å². The minimum Gasteiger partial charge on any atom is -0.456 e. The lowest BCUT2D eigenvalue weighted by Crippen LogP contribution is -1.97. The summed E-state index contributed by atoms with van der Waals surface area (Å²) in [6.07, 6.45) is 5.18. The van der Waals surface area contributed by atoms with E-state index in [1.165, 1.54) is 0 Å². The number of para-hydroxylation sites is 1. The van der Waals surface area contributed by atoms with Crippen molar-refractivity contribution in [3.8, 4) is 17.4 Å². The molecule has 5 nitrogen and oxygen atoms in total. The van der Waals surface area contributed by atoms with E-state index in [-0.39, 0.29) is 0 Å². The zero-order valence-corrected chi connectivity index (χ0v) is 14.2. The topological polar surface area (TPSA) is 77.6 Å². The van der Waals surface area contributed by atoms with Crippen LogP contribution < -0.4 is 5.32 Å². The standard InChI is InChI=1S/C22H14N4O/c23-11-16-12-24-13-18(21-10-15-3-1-2-4-20(15)27-21)22(16)26-17-5-6-19-14(9-17)7-8-25-19/h1-10,12-13,25H,(H,24,26). The number of nitriles is 1. The number of rotatable bonds is 3. The maximum absolute atomic E-state index is 9.58. The van der Waals surface area contributed by atoms with Gasteiger partial charge in [-0.15, -0.1) is 0 Å². The van der Waals surface area contributed by atoms with Gasteiger partial charge >= 0.3 is 0 Å². The summed E-state index contributed by atoms with van der Waals surface area (Å²) in [5.41, 5.74) is 4.65. The molecular weight excluding hydrogens is 336 g/mol. The van der Waals surface area contributed by atoms with Crippen molar-refractivity contribution >= 4 is 33.2 Å². The Labute approximate surface area is 154 Å². The van der Waals surface area contributed by atoms with Crippen LogP contribution in [0.1, 0.15) is 5.56 Å². The predicted octanol–water partition coefficient (Wildman–Crippen LogP) is 5.59. The molecule has 3 heterocycles. The molecule has 0 bridgehead atoms. The number of furan rings is 1. The van der Waals surface area contributed by atoms with Gasteiger partial charge in [0.2, 0.25) is 0 Å². The fourth-order valence-electron chi connectivity index (χ4n) is 3.26. The molecule has 128 valence electrons. The molecule has 0 radical (unpaired) electrons. The van der Waals surface area contributed by atoms with Gasteiger partial charge in [-0.05, 0) is 36.4 Å². The fourth-order valence-corrected chi connectivity index (χ4v) is 3.26. The van der Waals surface area contributed by atoms with E-state index < -0.39 is 0 Å². The number of fused-ring (bicyclic) bond motifs is 2. The molecule has 0 aliphatic carbocycles. The summed E-state index contributed by atoms with van der Waals surface area (Å²) in [7, 11) is 0. The van der Waals surface area contributed by atoms with E-state index >= 15 is 0 Å². The van der Waals surface area contributed by atoms with Crippen LogP contribution in [0.5, 0.6) is 0 Å². The lowest BCUT2D eigenvalue weighted by Gasteiger charge is -2.12.